The Bertz CT molecular complexity index is 840. The molecule has 1 aliphatic rings. The standard InChI is InChI=1S/C18H22N2O6S/c1-3-10-19-27(24,25)15-7-5-14(6-8-15)16(21)20-11-4-9-18(12-20,13-26-2)17(22)23/h1,5-8,19H,4,9-13H2,2H3,(H,22,23). The molecule has 1 amide bonds. The zero-order chi connectivity index (χ0) is 20.1. The molecule has 0 aromatic heterocycles. The number of hydrogen-bond acceptors (Lipinski definition) is 5. The van der Waals surface area contributed by atoms with Gasteiger partial charge in [0.25, 0.3) is 5.91 Å². The normalized spacial score (nSPS) is 20.1. The van der Waals surface area contributed by atoms with Crippen molar-refractivity contribution in [2.24, 2.45) is 5.41 Å². The van der Waals surface area contributed by atoms with Gasteiger partial charge in [0, 0.05) is 25.8 Å². The fourth-order valence-corrected chi connectivity index (χ4v) is 4.05. The molecule has 1 atom stereocenters. The van der Waals surface area contributed by atoms with Crippen molar-refractivity contribution in [1.82, 2.24) is 9.62 Å². The first-order valence-electron chi connectivity index (χ1n) is 8.30. The van der Waals surface area contributed by atoms with Gasteiger partial charge in [0.1, 0.15) is 5.41 Å². The summed E-state index contributed by atoms with van der Waals surface area (Å²) >= 11 is 0. The number of piperidine rings is 1. The number of ether oxygens (including phenoxy) is 1. The first-order valence-corrected chi connectivity index (χ1v) is 9.79. The number of carbonyl (C=O) groups excluding carboxylic acids is 1. The molecular formula is C18H22N2O6S. The molecule has 0 saturated carbocycles. The number of amides is 1. The number of methoxy groups -OCH3 is 1. The van der Waals surface area contributed by atoms with Gasteiger partial charge >= 0.3 is 5.97 Å². The molecule has 27 heavy (non-hydrogen) atoms. The van der Waals surface area contributed by atoms with Crippen LogP contribution in [0, 0.1) is 17.8 Å². The van der Waals surface area contributed by atoms with E-state index in [-0.39, 0.29) is 36.1 Å². The molecule has 146 valence electrons. The minimum absolute atomic E-state index is 0.00721. The van der Waals surface area contributed by atoms with Gasteiger partial charge in [-0.2, -0.15) is 4.72 Å². The highest BCUT2D eigenvalue weighted by molar-refractivity contribution is 7.89. The number of rotatable bonds is 7. The number of nitrogens with zero attached hydrogens (tertiary/aromatic N) is 1. The highest BCUT2D eigenvalue weighted by Gasteiger charge is 2.44. The van der Waals surface area contributed by atoms with Crippen molar-refractivity contribution >= 4 is 21.9 Å². The van der Waals surface area contributed by atoms with Crippen molar-refractivity contribution in [2.45, 2.75) is 17.7 Å². The lowest BCUT2D eigenvalue weighted by Gasteiger charge is -2.39. The zero-order valence-corrected chi connectivity index (χ0v) is 15.8. The van der Waals surface area contributed by atoms with Crippen LogP contribution in [-0.4, -0.2) is 63.7 Å². The van der Waals surface area contributed by atoms with E-state index in [9.17, 15) is 23.1 Å². The summed E-state index contributed by atoms with van der Waals surface area (Å²) in [6, 6.07) is 5.44. The third-order valence-corrected chi connectivity index (χ3v) is 5.93. The van der Waals surface area contributed by atoms with Crippen molar-refractivity contribution in [3.8, 4) is 12.3 Å². The second-order valence-electron chi connectivity index (χ2n) is 6.40. The van der Waals surface area contributed by atoms with Gasteiger partial charge in [-0.05, 0) is 37.1 Å². The molecule has 0 bridgehead atoms. The minimum atomic E-state index is -3.74. The van der Waals surface area contributed by atoms with Gasteiger partial charge in [-0.15, -0.1) is 6.42 Å². The molecule has 0 spiro atoms. The molecule has 2 N–H and O–H groups in total. The largest absolute Gasteiger partial charge is 0.481 e. The molecule has 2 rings (SSSR count). The summed E-state index contributed by atoms with van der Waals surface area (Å²) in [6.45, 7) is 0.359. The topological polar surface area (TPSA) is 113 Å². The number of carbonyl (C=O) groups is 2. The summed E-state index contributed by atoms with van der Waals surface area (Å²) in [5, 5.41) is 9.58. The average molecular weight is 394 g/mol. The van der Waals surface area contributed by atoms with E-state index in [1.54, 1.807) is 0 Å². The molecule has 0 radical (unpaired) electrons. The fourth-order valence-electron chi connectivity index (χ4n) is 3.11. The molecule has 1 fully saturated rings. The van der Waals surface area contributed by atoms with E-state index < -0.39 is 21.4 Å². The summed E-state index contributed by atoms with van der Waals surface area (Å²) in [6.07, 6.45) is 6.02. The quantitative estimate of drug-likeness (QED) is 0.653. The SMILES string of the molecule is C#CCNS(=O)(=O)c1ccc(C(=O)N2CCCC(COC)(C(=O)O)C2)cc1. The molecule has 1 aromatic rings. The number of terminal acetylenes is 1. The number of carboxylic acid groups (broad SMARTS) is 1. The predicted molar refractivity (Wildman–Crippen MR) is 97.5 cm³/mol. The van der Waals surface area contributed by atoms with Crippen LogP contribution in [0.4, 0.5) is 0 Å². The molecule has 8 nitrogen and oxygen atoms in total. The van der Waals surface area contributed by atoms with Gasteiger partial charge in [0.15, 0.2) is 0 Å². The predicted octanol–water partition coefficient (Wildman–Crippen LogP) is 0.552. The maximum Gasteiger partial charge on any atom is 0.313 e. The lowest BCUT2D eigenvalue weighted by molar-refractivity contribution is -0.155. The number of carboxylic acids is 1. The van der Waals surface area contributed by atoms with Crippen LogP contribution >= 0.6 is 0 Å². The second kappa shape index (κ2) is 8.52. The van der Waals surface area contributed by atoms with Gasteiger partial charge < -0.3 is 14.7 Å². The Labute approximate surface area is 158 Å². The summed E-state index contributed by atoms with van der Waals surface area (Å²) < 4.78 is 31.3. The van der Waals surface area contributed by atoms with E-state index >= 15 is 0 Å². The smallest absolute Gasteiger partial charge is 0.313 e. The molecule has 1 heterocycles. The lowest BCUT2D eigenvalue weighted by atomic mass is 9.80. The summed E-state index contributed by atoms with van der Waals surface area (Å²) in [7, 11) is -2.31. The molecule has 9 heteroatoms. The summed E-state index contributed by atoms with van der Waals surface area (Å²) in [5.74, 6) is 0.837. The van der Waals surface area contributed by atoms with Crippen LogP contribution in [0.2, 0.25) is 0 Å². The van der Waals surface area contributed by atoms with Crippen LogP contribution in [-0.2, 0) is 19.6 Å². The molecule has 1 saturated heterocycles. The Morgan fingerprint density at radius 2 is 2.04 bits per heavy atom. The highest BCUT2D eigenvalue weighted by Crippen LogP contribution is 2.31. The van der Waals surface area contributed by atoms with Crippen molar-refractivity contribution in [3.05, 3.63) is 29.8 Å². The van der Waals surface area contributed by atoms with Crippen LogP contribution in [0.25, 0.3) is 0 Å². The Morgan fingerprint density at radius 1 is 1.37 bits per heavy atom. The first kappa shape index (κ1) is 20.9. The number of sulfonamides is 1. The lowest BCUT2D eigenvalue weighted by Crippen LogP contribution is -2.52. The second-order valence-corrected chi connectivity index (χ2v) is 8.17. The zero-order valence-electron chi connectivity index (χ0n) is 15.0. The van der Waals surface area contributed by atoms with E-state index in [1.807, 2.05) is 0 Å². The molecule has 1 unspecified atom stereocenters. The Morgan fingerprint density at radius 3 is 2.59 bits per heavy atom. The van der Waals surface area contributed by atoms with Crippen molar-refractivity contribution < 1.29 is 27.9 Å². The maximum absolute atomic E-state index is 12.7. The molecule has 0 aliphatic carbocycles. The average Bonchev–Trinajstić information content (AvgIpc) is 2.66. The van der Waals surface area contributed by atoms with E-state index in [1.165, 1.54) is 36.3 Å². The highest BCUT2D eigenvalue weighted by atomic mass is 32.2. The minimum Gasteiger partial charge on any atom is -0.481 e. The van der Waals surface area contributed by atoms with E-state index in [4.69, 9.17) is 11.2 Å². The van der Waals surface area contributed by atoms with Crippen molar-refractivity contribution in [3.63, 3.8) is 0 Å². The number of aliphatic carboxylic acids is 1. The van der Waals surface area contributed by atoms with Gasteiger partial charge in [-0.1, -0.05) is 5.92 Å². The van der Waals surface area contributed by atoms with Crippen LogP contribution < -0.4 is 4.72 Å². The van der Waals surface area contributed by atoms with Crippen molar-refractivity contribution in [2.75, 3.05) is 33.4 Å². The third kappa shape index (κ3) is 4.66. The monoisotopic (exact) mass is 394 g/mol. The molecular weight excluding hydrogens is 372 g/mol. The number of nitrogens with one attached hydrogen (secondary N) is 1. The number of hydrogen-bond donors (Lipinski definition) is 2. The molecule has 1 aromatic carbocycles. The fraction of sp³-hybridized carbons (Fsp3) is 0.444. The Kier molecular flexibility index (Phi) is 6.59. The molecule has 1 aliphatic heterocycles. The van der Waals surface area contributed by atoms with Gasteiger partial charge in [0.2, 0.25) is 10.0 Å². The number of benzene rings is 1. The van der Waals surface area contributed by atoms with E-state index in [0.29, 0.717) is 19.4 Å². The Balaban J connectivity index is 2.18. The van der Waals surface area contributed by atoms with Gasteiger partial charge in [-0.25, -0.2) is 8.42 Å². The maximum atomic E-state index is 12.7. The van der Waals surface area contributed by atoms with Crippen LogP contribution in [0.3, 0.4) is 0 Å². The van der Waals surface area contributed by atoms with Crippen LogP contribution in [0.15, 0.2) is 29.2 Å². The van der Waals surface area contributed by atoms with Crippen LogP contribution in [0.1, 0.15) is 23.2 Å². The summed E-state index contributed by atoms with van der Waals surface area (Å²) in [4.78, 5) is 25.9. The van der Waals surface area contributed by atoms with Gasteiger partial charge in [-0.3, -0.25) is 9.59 Å². The third-order valence-electron chi connectivity index (χ3n) is 4.51. The van der Waals surface area contributed by atoms with Gasteiger partial charge in [0.05, 0.1) is 18.0 Å². The van der Waals surface area contributed by atoms with Crippen LogP contribution in [0.5, 0.6) is 0 Å². The summed E-state index contributed by atoms with van der Waals surface area (Å²) in [5.41, 5.74) is -0.852. The number of likely N-dealkylation sites (tertiary alicyclic amines) is 1. The van der Waals surface area contributed by atoms with Crippen molar-refractivity contribution in [1.29, 1.82) is 0 Å². The Hall–Kier alpha value is -2.41. The van der Waals surface area contributed by atoms with E-state index in [0.717, 1.165) is 0 Å². The van der Waals surface area contributed by atoms with E-state index in [2.05, 4.69) is 10.6 Å². The first-order chi connectivity index (χ1) is 12.8.